The number of nitrogens with zero attached hydrogens (tertiary/aromatic N) is 1. The Labute approximate surface area is 114 Å². The molecular formula is C13H11ClFN3O. The molecule has 19 heavy (non-hydrogen) atoms. The molecule has 0 aliphatic rings. The maximum absolute atomic E-state index is 13.0. The van der Waals surface area contributed by atoms with Crippen molar-refractivity contribution in [2.24, 2.45) is 0 Å². The van der Waals surface area contributed by atoms with Gasteiger partial charge in [0.25, 0.3) is 5.91 Å². The van der Waals surface area contributed by atoms with Crippen LogP contribution >= 0.6 is 11.6 Å². The molecule has 98 valence electrons. The van der Waals surface area contributed by atoms with Gasteiger partial charge in [-0.2, -0.15) is 0 Å². The molecule has 1 heterocycles. The molecule has 2 aromatic rings. The quantitative estimate of drug-likeness (QED) is 0.906. The van der Waals surface area contributed by atoms with Crippen molar-refractivity contribution in [2.45, 2.75) is 6.54 Å². The van der Waals surface area contributed by atoms with Crippen molar-refractivity contribution in [3.05, 3.63) is 58.6 Å². The Kier molecular flexibility index (Phi) is 3.97. The van der Waals surface area contributed by atoms with Crippen molar-refractivity contribution in [3.63, 3.8) is 0 Å². The lowest BCUT2D eigenvalue weighted by Gasteiger charge is -2.07. The van der Waals surface area contributed by atoms with Gasteiger partial charge in [0.2, 0.25) is 0 Å². The Morgan fingerprint density at radius 2 is 2.21 bits per heavy atom. The van der Waals surface area contributed by atoms with Gasteiger partial charge >= 0.3 is 0 Å². The smallest absolute Gasteiger partial charge is 0.272 e. The number of benzene rings is 1. The van der Waals surface area contributed by atoms with Crippen molar-refractivity contribution >= 4 is 23.2 Å². The summed E-state index contributed by atoms with van der Waals surface area (Å²) in [7, 11) is 0. The van der Waals surface area contributed by atoms with Crippen LogP contribution < -0.4 is 11.1 Å². The standard InChI is InChI=1S/C13H11ClFN3O/c14-9-6-8(3-4-10(9)15)7-18-13(19)12-11(16)2-1-5-17-12/h1-6H,7,16H2,(H,18,19). The minimum atomic E-state index is -0.495. The van der Waals surface area contributed by atoms with Crippen molar-refractivity contribution < 1.29 is 9.18 Å². The third kappa shape index (κ3) is 3.20. The van der Waals surface area contributed by atoms with Crippen LogP contribution in [0.25, 0.3) is 0 Å². The van der Waals surface area contributed by atoms with E-state index in [4.69, 9.17) is 17.3 Å². The van der Waals surface area contributed by atoms with Gasteiger partial charge < -0.3 is 11.1 Å². The number of hydrogen-bond acceptors (Lipinski definition) is 3. The summed E-state index contributed by atoms with van der Waals surface area (Å²) in [4.78, 5) is 15.7. The molecule has 0 spiro atoms. The molecule has 0 fully saturated rings. The van der Waals surface area contributed by atoms with Gasteiger partial charge in [-0.1, -0.05) is 17.7 Å². The number of rotatable bonds is 3. The summed E-state index contributed by atoms with van der Waals surface area (Å²) in [5.74, 6) is -0.885. The highest BCUT2D eigenvalue weighted by Gasteiger charge is 2.10. The van der Waals surface area contributed by atoms with Crippen LogP contribution in [0.2, 0.25) is 5.02 Å². The molecule has 1 amide bonds. The molecule has 0 bridgehead atoms. The molecule has 1 aromatic heterocycles. The lowest BCUT2D eigenvalue weighted by Crippen LogP contribution is -2.24. The summed E-state index contributed by atoms with van der Waals surface area (Å²) < 4.78 is 13.0. The molecule has 0 aliphatic carbocycles. The number of hydrogen-bond donors (Lipinski definition) is 2. The maximum Gasteiger partial charge on any atom is 0.272 e. The number of carbonyl (C=O) groups is 1. The summed E-state index contributed by atoms with van der Waals surface area (Å²) in [5, 5.41) is 2.66. The van der Waals surface area contributed by atoms with Crippen molar-refractivity contribution in [2.75, 3.05) is 5.73 Å². The monoisotopic (exact) mass is 279 g/mol. The maximum atomic E-state index is 13.0. The molecule has 6 heteroatoms. The Bertz CT molecular complexity index is 619. The number of aromatic nitrogens is 1. The lowest BCUT2D eigenvalue weighted by molar-refractivity contribution is 0.0947. The van der Waals surface area contributed by atoms with Gasteiger partial charge in [0.15, 0.2) is 5.69 Å². The first-order valence-corrected chi connectivity index (χ1v) is 5.88. The largest absolute Gasteiger partial charge is 0.397 e. The number of nitrogens with two attached hydrogens (primary N) is 1. The minimum absolute atomic E-state index is 0.0177. The third-order valence-corrected chi connectivity index (χ3v) is 2.78. The average Bonchev–Trinajstić information content (AvgIpc) is 2.40. The highest BCUT2D eigenvalue weighted by Crippen LogP contribution is 2.16. The van der Waals surface area contributed by atoms with Crippen molar-refractivity contribution in [1.82, 2.24) is 10.3 Å². The topological polar surface area (TPSA) is 68.0 Å². The van der Waals surface area contributed by atoms with E-state index in [1.54, 1.807) is 18.2 Å². The lowest BCUT2D eigenvalue weighted by atomic mass is 10.2. The van der Waals surface area contributed by atoms with E-state index in [0.717, 1.165) is 0 Å². The molecule has 0 atom stereocenters. The van der Waals surface area contributed by atoms with Gasteiger partial charge in [-0.05, 0) is 29.8 Å². The zero-order chi connectivity index (χ0) is 13.8. The molecule has 2 rings (SSSR count). The second-order valence-electron chi connectivity index (χ2n) is 3.87. The molecule has 0 saturated carbocycles. The summed E-state index contributed by atoms with van der Waals surface area (Å²) >= 11 is 5.65. The normalized spacial score (nSPS) is 10.2. The molecule has 3 N–H and O–H groups in total. The highest BCUT2D eigenvalue weighted by atomic mass is 35.5. The second-order valence-corrected chi connectivity index (χ2v) is 4.28. The summed E-state index contributed by atoms with van der Waals surface area (Å²) in [6.45, 7) is 0.217. The van der Waals surface area contributed by atoms with Gasteiger partial charge in [-0.25, -0.2) is 9.37 Å². The number of anilines is 1. The van der Waals surface area contributed by atoms with Crippen LogP contribution in [0.15, 0.2) is 36.5 Å². The molecular weight excluding hydrogens is 269 g/mol. The fourth-order valence-corrected chi connectivity index (χ4v) is 1.73. The van der Waals surface area contributed by atoms with E-state index in [1.807, 2.05) is 0 Å². The molecule has 0 radical (unpaired) electrons. The number of halogens is 2. The van der Waals surface area contributed by atoms with Crippen molar-refractivity contribution in [3.8, 4) is 0 Å². The van der Waals surface area contributed by atoms with Crippen molar-refractivity contribution in [1.29, 1.82) is 0 Å². The molecule has 1 aromatic carbocycles. The van der Waals surface area contributed by atoms with Gasteiger partial charge in [0.05, 0.1) is 10.7 Å². The first kappa shape index (κ1) is 13.3. The first-order valence-electron chi connectivity index (χ1n) is 5.50. The first-order chi connectivity index (χ1) is 9.08. The van der Waals surface area contributed by atoms with Gasteiger partial charge in [0, 0.05) is 12.7 Å². The zero-order valence-electron chi connectivity index (χ0n) is 9.86. The van der Waals surface area contributed by atoms with Crippen LogP contribution in [0.3, 0.4) is 0 Å². The molecule has 0 unspecified atom stereocenters. The highest BCUT2D eigenvalue weighted by molar-refractivity contribution is 6.30. The summed E-state index contributed by atoms with van der Waals surface area (Å²) in [5.41, 5.74) is 6.80. The fraction of sp³-hybridized carbons (Fsp3) is 0.0769. The minimum Gasteiger partial charge on any atom is -0.397 e. The number of carbonyl (C=O) groups excluding carboxylic acids is 1. The van der Waals surface area contributed by atoms with Gasteiger partial charge in [-0.15, -0.1) is 0 Å². The van der Waals surface area contributed by atoms with Crippen LogP contribution in [0.4, 0.5) is 10.1 Å². The summed E-state index contributed by atoms with van der Waals surface area (Å²) in [6, 6.07) is 7.49. The second kappa shape index (κ2) is 5.67. The predicted octanol–water partition coefficient (Wildman–Crippen LogP) is 2.39. The van der Waals surface area contributed by atoms with E-state index in [-0.39, 0.29) is 17.3 Å². The number of pyridine rings is 1. The van der Waals surface area contributed by atoms with Crippen LogP contribution in [0.5, 0.6) is 0 Å². The predicted molar refractivity (Wildman–Crippen MR) is 71.2 cm³/mol. The molecule has 0 saturated heterocycles. The zero-order valence-corrected chi connectivity index (χ0v) is 10.6. The van der Waals surface area contributed by atoms with Crippen LogP contribution in [-0.2, 0) is 6.54 Å². The number of nitrogens with one attached hydrogen (secondary N) is 1. The Balaban J connectivity index is 2.04. The van der Waals surface area contributed by atoms with Crippen LogP contribution in [-0.4, -0.2) is 10.9 Å². The molecule has 4 nitrogen and oxygen atoms in total. The molecule has 0 aliphatic heterocycles. The SMILES string of the molecule is Nc1cccnc1C(=O)NCc1ccc(F)c(Cl)c1. The van der Waals surface area contributed by atoms with E-state index in [1.165, 1.54) is 18.3 Å². The van der Waals surface area contributed by atoms with Crippen LogP contribution in [0, 0.1) is 5.82 Å². The Morgan fingerprint density at radius 1 is 1.42 bits per heavy atom. The van der Waals surface area contributed by atoms with Gasteiger partial charge in [0.1, 0.15) is 5.82 Å². The van der Waals surface area contributed by atoms with E-state index < -0.39 is 11.7 Å². The van der Waals surface area contributed by atoms with E-state index in [2.05, 4.69) is 10.3 Å². The third-order valence-electron chi connectivity index (χ3n) is 2.49. The summed E-state index contributed by atoms with van der Waals surface area (Å²) in [6.07, 6.45) is 1.49. The van der Waals surface area contributed by atoms with E-state index in [0.29, 0.717) is 11.3 Å². The Hall–Kier alpha value is -2.14. The Morgan fingerprint density at radius 3 is 2.89 bits per heavy atom. The number of nitrogen functional groups attached to an aromatic ring is 1. The van der Waals surface area contributed by atoms with Crippen LogP contribution in [0.1, 0.15) is 16.1 Å². The van der Waals surface area contributed by atoms with Gasteiger partial charge in [-0.3, -0.25) is 4.79 Å². The van der Waals surface area contributed by atoms with E-state index in [9.17, 15) is 9.18 Å². The van der Waals surface area contributed by atoms with E-state index >= 15 is 0 Å². The number of amides is 1. The fourth-order valence-electron chi connectivity index (χ4n) is 1.52. The average molecular weight is 280 g/mol.